The van der Waals surface area contributed by atoms with Gasteiger partial charge in [0.15, 0.2) is 0 Å². The monoisotopic (exact) mass is 245 g/mol. The quantitative estimate of drug-likeness (QED) is 0.859. The van der Waals surface area contributed by atoms with Crippen LogP contribution in [0.2, 0.25) is 0 Å². The highest BCUT2D eigenvalue weighted by molar-refractivity contribution is 5.67. The Morgan fingerprint density at radius 1 is 1.33 bits per heavy atom. The summed E-state index contributed by atoms with van der Waals surface area (Å²) in [6.45, 7) is 0.930. The fourth-order valence-corrected chi connectivity index (χ4v) is 3.38. The van der Waals surface area contributed by atoms with E-state index in [-0.39, 0.29) is 18.4 Å². The predicted molar refractivity (Wildman–Crippen MR) is 69.6 cm³/mol. The number of carbonyl (C=O) groups is 1. The zero-order valence-corrected chi connectivity index (χ0v) is 10.5. The molecular formula is C15H19NO2. The number of carboxylic acids is 1. The van der Waals surface area contributed by atoms with Crippen LogP contribution in [-0.4, -0.2) is 17.6 Å². The van der Waals surface area contributed by atoms with Crippen LogP contribution in [0.15, 0.2) is 18.2 Å². The second-order valence-corrected chi connectivity index (χ2v) is 5.46. The Hall–Kier alpha value is -1.35. The van der Waals surface area contributed by atoms with E-state index in [0.717, 1.165) is 13.0 Å². The third kappa shape index (κ3) is 2.15. The second kappa shape index (κ2) is 4.73. The summed E-state index contributed by atoms with van der Waals surface area (Å²) in [5.74, 6) is -0.447. The lowest BCUT2D eigenvalue weighted by atomic mass is 9.90. The maximum absolute atomic E-state index is 10.9. The highest BCUT2D eigenvalue weighted by Gasteiger charge is 2.30. The number of hydrogen-bond donors (Lipinski definition) is 2. The molecule has 3 rings (SSSR count). The van der Waals surface area contributed by atoms with Crippen LogP contribution in [0.4, 0.5) is 0 Å². The summed E-state index contributed by atoms with van der Waals surface area (Å²) in [7, 11) is 0. The average Bonchev–Trinajstić information content (AvgIpc) is 2.95. The predicted octanol–water partition coefficient (Wildman–Crippen LogP) is 2.30. The minimum atomic E-state index is -0.685. The molecule has 0 saturated carbocycles. The van der Waals surface area contributed by atoms with Crippen molar-refractivity contribution >= 4 is 5.97 Å². The third-order valence-electron chi connectivity index (χ3n) is 4.27. The second-order valence-electron chi connectivity index (χ2n) is 5.46. The van der Waals surface area contributed by atoms with Crippen molar-refractivity contribution in [1.82, 2.24) is 5.32 Å². The number of aliphatic carboxylic acids is 1. The van der Waals surface area contributed by atoms with Crippen molar-refractivity contribution in [3.05, 3.63) is 34.9 Å². The highest BCUT2D eigenvalue weighted by Crippen LogP contribution is 2.34. The molecule has 18 heavy (non-hydrogen) atoms. The first-order valence-electron chi connectivity index (χ1n) is 6.81. The zero-order chi connectivity index (χ0) is 12.5. The Morgan fingerprint density at radius 2 is 2.17 bits per heavy atom. The first-order chi connectivity index (χ1) is 8.74. The van der Waals surface area contributed by atoms with Gasteiger partial charge in [-0.25, -0.2) is 0 Å². The number of nitrogens with one attached hydrogen (secondary N) is 1. The van der Waals surface area contributed by atoms with E-state index < -0.39 is 5.97 Å². The fourth-order valence-electron chi connectivity index (χ4n) is 3.38. The number of fused-ring (bicyclic) bond motifs is 1. The first-order valence-corrected chi connectivity index (χ1v) is 6.81. The summed E-state index contributed by atoms with van der Waals surface area (Å²) in [5, 5.41) is 12.4. The first kappa shape index (κ1) is 11.7. The van der Waals surface area contributed by atoms with Crippen molar-refractivity contribution in [3.8, 4) is 0 Å². The van der Waals surface area contributed by atoms with E-state index in [0.29, 0.717) is 0 Å². The molecule has 96 valence electrons. The molecule has 2 aliphatic rings. The van der Waals surface area contributed by atoms with Crippen LogP contribution in [0.5, 0.6) is 0 Å². The van der Waals surface area contributed by atoms with Gasteiger partial charge in [-0.2, -0.15) is 0 Å². The topological polar surface area (TPSA) is 49.3 Å². The highest BCUT2D eigenvalue weighted by atomic mass is 16.4. The Kier molecular flexibility index (Phi) is 3.08. The number of aryl methyl sites for hydroxylation is 2. The molecule has 0 spiro atoms. The molecule has 1 saturated heterocycles. The zero-order valence-electron chi connectivity index (χ0n) is 10.5. The molecule has 2 N–H and O–H groups in total. The van der Waals surface area contributed by atoms with Crippen LogP contribution >= 0.6 is 0 Å². The standard InChI is InChI=1S/C15H19NO2/c17-14(18)9-13-6-7-16-15(13)12-5-4-10-2-1-3-11(10)8-12/h4-5,8,13,15-16H,1-3,6-7,9H2,(H,17,18)/t13-,15-/m1/s1. The van der Waals surface area contributed by atoms with Crippen LogP contribution in [0.25, 0.3) is 0 Å². The Morgan fingerprint density at radius 3 is 3.00 bits per heavy atom. The van der Waals surface area contributed by atoms with E-state index >= 15 is 0 Å². The molecule has 1 heterocycles. The van der Waals surface area contributed by atoms with E-state index in [9.17, 15) is 4.79 Å². The van der Waals surface area contributed by atoms with Crippen LogP contribution in [-0.2, 0) is 17.6 Å². The summed E-state index contributed by atoms with van der Waals surface area (Å²) < 4.78 is 0. The summed E-state index contributed by atoms with van der Waals surface area (Å²) in [6, 6.07) is 6.93. The maximum atomic E-state index is 10.9. The number of carboxylic acid groups (broad SMARTS) is 1. The van der Waals surface area contributed by atoms with Gasteiger partial charge in [0.1, 0.15) is 0 Å². The van der Waals surface area contributed by atoms with Gasteiger partial charge in [-0.1, -0.05) is 18.2 Å². The van der Waals surface area contributed by atoms with E-state index in [1.54, 1.807) is 0 Å². The molecule has 3 nitrogen and oxygen atoms in total. The van der Waals surface area contributed by atoms with Gasteiger partial charge < -0.3 is 10.4 Å². The largest absolute Gasteiger partial charge is 0.481 e. The van der Waals surface area contributed by atoms with Crippen molar-refractivity contribution in [3.63, 3.8) is 0 Å². The van der Waals surface area contributed by atoms with Crippen molar-refractivity contribution in [2.24, 2.45) is 5.92 Å². The van der Waals surface area contributed by atoms with Crippen molar-refractivity contribution < 1.29 is 9.90 Å². The summed E-state index contributed by atoms with van der Waals surface area (Å²) in [4.78, 5) is 10.9. The average molecular weight is 245 g/mol. The molecule has 0 amide bonds. The van der Waals surface area contributed by atoms with Crippen LogP contribution < -0.4 is 5.32 Å². The third-order valence-corrected chi connectivity index (χ3v) is 4.27. The molecule has 1 aliphatic carbocycles. The number of hydrogen-bond acceptors (Lipinski definition) is 2. The lowest BCUT2D eigenvalue weighted by Gasteiger charge is -2.19. The molecule has 3 heteroatoms. The van der Waals surface area contributed by atoms with Crippen LogP contribution in [0, 0.1) is 5.92 Å². The van der Waals surface area contributed by atoms with E-state index in [2.05, 4.69) is 23.5 Å². The summed E-state index contributed by atoms with van der Waals surface area (Å²) >= 11 is 0. The molecule has 1 fully saturated rings. The molecule has 1 aromatic rings. The number of rotatable bonds is 3. The van der Waals surface area contributed by atoms with Crippen molar-refractivity contribution in [2.45, 2.75) is 38.1 Å². The molecule has 1 aromatic carbocycles. The lowest BCUT2D eigenvalue weighted by molar-refractivity contribution is -0.138. The SMILES string of the molecule is O=C(O)C[C@H]1CCN[C@@H]1c1ccc2c(c1)CCC2. The van der Waals surface area contributed by atoms with Crippen molar-refractivity contribution in [1.29, 1.82) is 0 Å². The molecule has 0 radical (unpaired) electrons. The van der Waals surface area contributed by atoms with Crippen molar-refractivity contribution in [2.75, 3.05) is 6.54 Å². The lowest BCUT2D eigenvalue weighted by Crippen LogP contribution is -2.20. The van der Waals surface area contributed by atoms with Gasteiger partial charge in [0, 0.05) is 6.04 Å². The van der Waals surface area contributed by atoms with Gasteiger partial charge in [-0.15, -0.1) is 0 Å². The summed E-state index contributed by atoms with van der Waals surface area (Å²) in [5.41, 5.74) is 4.22. The van der Waals surface area contributed by atoms with Gasteiger partial charge in [0.05, 0.1) is 6.42 Å². The Balaban J connectivity index is 1.83. The minimum absolute atomic E-state index is 0.229. The maximum Gasteiger partial charge on any atom is 0.303 e. The molecule has 1 aliphatic heterocycles. The molecular weight excluding hydrogens is 226 g/mol. The van der Waals surface area contributed by atoms with Gasteiger partial charge in [0.25, 0.3) is 0 Å². The van der Waals surface area contributed by atoms with E-state index in [1.807, 2.05) is 0 Å². The van der Waals surface area contributed by atoms with Gasteiger partial charge >= 0.3 is 5.97 Å². The molecule has 0 unspecified atom stereocenters. The molecule has 2 atom stereocenters. The summed E-state index contributed by atoms with van der Waals surface area (Å²) in [6.07, 6.45) is 4.88. The van der Waals surface area contributed by atoms with E-state index in [1.165, 1.54) is 36.0 Å². The van der Waals surface area contributed by atoms with Gasteiger partial charge in [0.2, 0.25) is 0 Å². The molecule has 0 bridgehead atoms. The van der Waals surface area contributed by atoms with Gasteiger partial charge in [-0.05, 0) is 54.8 Å². The van der Waals surface area contributed by atoms with Crippen LogP contribution in [0.1, 0.15) is 42.0 Å². The van der Waals surface area contributed by atoms with Gasteiger partial charge in [-0.3, -0.25) is 4.79 Å². The van der Waals surface area contributed by atoms with Crippen LogP contribution in [0.3, 0.4) is 0 Å². The van der Waals surface area contributed by atoms with E-state index in [4.69, 9.17) is 5.11 Å². The smallest absolute Gasteiger partial charge is 0.303 e. The molecule has 0 aromatic heterocycles. The Labute approximate surface area is 107 Å². The Bertz CT molecular complexity index is 470. The fraction of sp³-hybridized carbons (Fsp3) is 0.533. The minimum Gasteiger partial charge on any atom is -0.481 e. The number of benzene rings is 1. The normalized spacial score (nSPS) is 26.2.